The monoisotopic (exact) mass is 454 g/mol. The van der Waals surface area contributed by atoms with Crippen molar-refractivity contribution in [3.8, 4) is 0 Å². The fourth-order valence-electron chi connectivity index (χ4n) is 3.97. The predicted octanol–water partition coefficient (Wildman–Crippen LogP) is 6.59. The minimum Gasteiger partial charge on any atom is -0.455 e. The van der Waals surface area contributed by atoms with Crippen LogP contribution in [0.1, 0.15) is 73.6 Å². The molecule has 0 bridgehead atoms. The number of aliphatic hydroxyl groups excluding tert-OH is 1. The van der Waals surface area contributed by atoms with Gasteiger partial charge in [0.15, 0.2) is 0 Å². The van der Waals surface area contributed by atoms with E-state index in [-0.39, 0.29) is 24.1 Å². The maximum Gasteiger partial charge on any atom is 0.331 e. The van der Waals surface area contributed by atoms with E-state index >= 15 is 0 Å². The minimum absolute atomic E-state index is 0.0148. The van der Waals surface area contributed by atoms with Crippen molar-refractivity contribution < 1.29 is 19.4 Å². The molecule has 0 aliphatic heterocycles. The summed E-state index contributed by atoms with van der Waals surface area (Å²) in [5, 5.41) is 8.92. The van der Waals surface area contributed by atoms with Crippen molar-refractivity contribution in [2.75, 3.05) is 6.61 Å². The summed E-state index contributed by atoms with van der Waals surface area (Å²) in [6, 6.07) is 0. The molecule has 0 amide bonds. The van der Waals surface area contributed by atoms with Crippen LogP contribution in [-0.4, -0.2) is 30.1 Å². The van der Waals surface area contributed by atoms with Crippen molar-refractivity contribution in [1.82, 2.24) is 0 Å². The third kappa shape index (κ3) is 10.8. The fraction of sp³-hybridized carbons (Fsp3) is 0.517. The second kappa shape index (κ2) is 14.6. The van der Waals surface area contributed by atoms with Gasteiger partial charge in [-0.2, -0.15) is 0 Å². The molecule has 1 N–H and O–H groups in total. The summed E-state index contributed by atoms with van der Waals surface area (Å²) in [5.41, 5.74) is 4.33. The lowest BCUT2D eigenvalue weighted by Crippen LogP contribution is -2.30. The van der Waals surface area contributed by atoms with E-state index in [1.807, 2.05) is 38.2 Å². The molecule has 0 saturated carbocycles. The number of carbonyl (C=O) groups is 2. The Labute approximate surface area is 200 Å². The first-order chi connectivity index (χ1) is 15.6. The molecule has 0 aromatic rings. The highest BCUT2D eigenvalue weighted by atomic mass is 16.5. The Hall–Kier alpha value is -2.46. The number of rotatable bonds is 12. The van der Waals surface area contributed by atoms with Gasteiger partial charge in [-0.05, 0) is 87.0 Å². The standard InChI is InChI=1S/C29H42O4/c1-22(13-9-20-30)12-8-14-28(32)33-27-17-19-29(5,6)26(25(27)4)16-15-23(2)10-7-11-24(3)18-21-31/h7-8,10-11,14-16,18,21-22,27,30H,9,12-13,17,19-20H2,1-6H3/b11-7+,14-8+,16-15+,23-10+,24-18+. The van der Waals surface area contributed by atoms with E-state index in [2.05, 4.69) is 39.8 Å². The van der Waals surface area contributed by atoms with Gasteiger partial charge in [0.2, 0.25) is 0 Å². The molecule has 0 fully saturated rings. The molecule has 4 heteroatoms. The smallest absolute Gasteiger partial charge is 0.331 e. The van der Waals surface area contributed by atoms with Crippen molar-refractivity contribution >= 4 is 12.3 Å². The number of allylic oxidation sites excluding steroid dienone is 10. The quantitative estimate of drug-likeness (QED) is 0.156. The molecule has 4 nitrogen and oxygen atoms in total. The topological polar surface area (TPSA) is 63.6 Å². The number of hydrogen-bond acceptors (Lipinski definition) is 4. The van der Waals surface area contributed by atoms with Crippen LogP contribution in [0.15, 0.2) is 70.9 Å². The maximum atomic E-state index is 12.4. The summed E-state index contributed by atoms with van der Waals surface area (Å²) in [5.74, 6) is 0.142. The molecule has 33 heavy (non-hydrogen) atoms. The third-order valence-corrected chi connectivity index (χ3v) is 6.14. The average molecular weight is 455 g/mol. The molecular weight excluding hydrogens is 412 g/mol. The highest BCUT2D eigenvalue weighted by Gasteiger charge is 2.33. The summed E-state index contributed by atoms with van der Waals surface area (Å²) in [6.45, 7) is 12.8. The van der Waals surface area contributed by atoms with E-state index < -0.39 is 0 Å². The summed E-state index contributed by atoms with van der Waals surface area (Å²) < 4.78 is 5.79. The van der Waals surface area contributed by atoms with Crippen LogP contribution in [0.2, 0.25) is 0 Å². The van der Waals surface area contributed by atoms with Gasteiger partial charge < -0.3 is 9.84 Å². The molecule has 0 aromatic heterocycles. The zero-order chi connectivity index (χ0) is 24.9. The molecule has 1 aliphatic carbocycles. The van der Waals surface area contributed by atoms with E-state index in [1.165, 1.54) is 17.7 Å². The van der Waals surface area contributed by atoms with Crippen molar-refractivity contribution in [3.63, 3.8) is 0 Å². The molecule has 0 radical (unpaired) electrons. The lowest BCUT2D eigenvalue weighted by atomic mass is 9.71. The van der Waals surface area contributed by atoms with Gasteiger partial charge >= 0.3 is 5.97 Å². The van der Waals surface area contributed by atoms with Gasteiger partial charge in [-0.15, -0.1) is 0 Å². The van der Waals surface area contributed by atoms with Gasteiger partial charge in [-0.1, -0.05) is 62.8 Å². The second-order valence-corrected chi connectivity index (χ2v) is 9.70. The Morgan fingerprint density at radius 2 is 1.88 bits per heavy atom. The molecule has 182 valence electrons. The van der Waals surface area contributed by atoms with Crippen LogP contribution < -0.4 is 0 Å². The van der Waals surface area contributed by atoms with Crippen LogP contribution >= 0.6 is 0 Å². The zero-order valence-corrected chi connectivity index (χ0v) is 21.3. The number of esters is 1. The van der Waals surface area contributed by atoms with E-state index in [1.54, 1.807) is 0 Å². The summed E-state index contributed by atoms with van der Waals surface area (Å²) >= 11 is 0. The summed E-state index contributed by atoms with van der Waals surface area (Å²) in [6.07, 6.45) is 19.9. The normalized spacial score (nSPS) is 20.8. The van der Waals surface area contributed by atoms with Crippen molar-refractivity contribution in [2.24, 2.45) is 11.3 Å². The SMILES string of the molecule is CC1=C(/C=C/C(C)=C/C=C/C(C)=C/C=O)C(C)(C)CCC1OC(=O)/C=C/CC(C)CCCO. The molecular formula is C29H42O4. The Bertz CT molecular complexity index is 834. The van der Waals surface area contributed by atoms with Gasteiger partial charge in [0.25, 0.3) is 0 Å². The first-order valence-corrected chi connectivity index (χ1v) is 11.9. The van der Waals surface area contributed by atoms with Gasteiger partial charge in [-0.3, -0.25) is 4.79 Å². The summed E-state index contributed by atoms with van der Waals surface area (Å²) in [4.78, 5) is 22.9. The van der Waals surface area contributed by atoms with Crippen LogP contribution in [0, 0.1) is 11.3 Å². The Kier molecular flexibility index (Phi) is 12.7. The van der Waals surface area contributed by atoms with Crippen molar-refractivity contribution in [3.05, 3.63) is 70.9 Å². The first kappa shape index (κ1) is 28.6. The number of hydrogen-bond donors (Lipinski definition) is 1. The number of aliphatic hydroxyl groups is 1. The molecule has 1 rings (SSSR count). The van der Waals surface area contributed by atoms with Crippen LogP contribution in [0.5, 0.6) is 0 Å². The lowest BCUT2D eigenvalue weighted by molar-refractivity contribution is -0.142. The second-order valence-electron chi connectivity index (χ2n) is 9.70. The van der Waals surface area contributed by atoms with E-state index in [9.17, 15) is 9.59 Å². The fourth-order valence-corrected chi connectivity index (χ4v) is 3.97. The average Bonchev–Trinajstić information content (AvgIpc) is 2.74. The van der Waals surface area contributed by atoms with Gasteiger partial charge in [0.1, 0.15) is 12.4 Å². The van der Waals surface area contributed by atoms with Crippen LogP contribution in [0.25, 0.3) is 0 Å². The Morgan fingerprint density at radius 1 is 1.18 bits per heavy atom. The molecule has 0 spiro atoms. The zero-order valence-electron chi connectivity index (χ0n) is 21.3. The molecule has 1 aliphatic rings. The number of ether oxygens (including phenoxy) is 1. The van der Waals surface area contributed by atoms with Crippen LogP contribution in [-0.2, 0) is 14.3 Å². The van der Waals surface area contributed by atoms with E-state index in [0.717, 1.165) is 55.1 Å². The van der Waals surface area contributed by atoms with Gasteiger partial charge in [0, 0.05) is 12.7 Å². The largest absolute Gasteiger partial charge is 0.455 e. The molecule has 0 saturated heterocycles. The number of aldehydes is 1. The van der Waals surface area contributed by atoms with Gasteiger partial charge in [0.05, 0.1) is 0 Å². The highest BCUT2D eigenvalue weighted by Crippen LogP contribution is 2.42. The van der Waals surface area contributed by atoms with Crippen LogP contribution in [0.3, 0.4) is 0 Å². The molecule has 2 atom stereocenters. The number of carbonyl (C=O) groups excluding carboxylic acids is 2. The lowest BCUT2D eigenvalue weighted by Gasteiger charge is -2.36. The minimum atomic E-state index is -0.295. The Balaban J connectivity index is 2.86. The van der Waals surface area contributed by atoms with E-state index in [0.29, 0.717) is 5.92 Å². The van der Waals surface area contributed by atoms with E-state index in [4.69, 9.17) is 9.84 Å². The third-order valence-electron chi connectivity index (χ3n) is 6.14. The Morgan fingerprint density at radius 3 is 2.55 bits per heavy atom. The highest BCUT2D eigenvalue weighted by molar-refractivity contribution is 5.82. The first-order valence-electron chi connectivity index (χ1n) is 11.9. The van der Waals surface area contributed by atoms with Crippen molar-refractivity contribution in [2.45, 2.75) is 79.8 Å². The predicted molar refractivity (Wildman–Crippen MR) is 137 cm³/mol. The molecule has 0 heterocycles. The molecule has 2 unspecified atom stereocenters. The summed E-state index contributed by atoms with van der Waals surface area (Å²) in [7, 11) is 0. The van der Waals surface area contributed by atoms with Crippen molar-refractivity contribution in [1.29, 1.82) is 0 Å². The maximum absolute atomic E-state index is 12.4. The van der Waals surface area contributed by atoms with Crippen LogP contribution in [0.4, 0.5) is 0 Å². The molecule has 0 aromatic carbocycles. The van der Waals surface area contributed by atoms with Gasteiger partial charge in [-0.25, -0.2) is 4.79 Å².